The van der Waals surface area contributed by atoms with Crippen LogP contribution in [0.1, 0.15) is 51.8 Å². The van der Waals surface area contributed by atoms with E-state index in [0.717, 1.165) is 6.42 Å². The number of ether oxygens (including phenoxy) is 1. The molecule has 0 aliphatic heterocycles. The number of carboxylic acids is 1. The minimum Gasteiger partial charge on any atom is -0.493 e. The van der Waals surface area contributed by atoms with Crippen molar-refractivity contribution >= 4 is 17.4 Å². The first kappa shape index (κ1) is 22.1. The smallest absolute Gasteiger partial charge is 0.328 e. The molecule has 0 aliphatic carbocycles. The lowest BCUT2D eigenvalue weighted by Gasteiger charge is -2.23. The largest absolute Gasteiger partial charge is 0.493 e. The van der Waals surface area contributed by atoms with Crippen LogP contribution in [0.5, 0.6) is 5.75 Å². The molecule has 0 aliphatic rings. The van der Waals surface area contributed by atoms with E-state index in [1.807, 2.05) is 13.8 Å². The number of nitrogens with zero attached hydrogens (tertiary/aromatic N) is 1. The molecule has 8 nitrogen and oxygen atoms in total. The molecule has 2 rings (SSSR count). The number of nitrogens with one attached hydrogen (secondary N) is 3. The maximum atomic E-state index is 12.5. The van der Waals surface area contributed by atoms with E-state index in [4.69, 9.17) is 10.1 Å². The molecule has 8 heteroatoms. The van der Waals surface area contributed by atoms with E-state index in [-0.39, 0.29) is 11.4 Å². The van der Waals surface area contributed by atoms with Gasteiger partial charge in [0.25, 0.3) is 5.56 Å². The van der Waals surface area contributed by atoms with Gasteiger partial charge in [-0.1, -0.05) is 13.3 Å². The summed E-state index contributed by atoms with van der Waals surface area (Å²) in [6.45, 7) is 8.98. The van der Waals surface area contributed by atoms with E-state index in [0.29, 0.717) is 47.0 Å². The van der Waals surface area contributed by atoms with Gasteiger partial charge in [0.1, 0.15) is 17.1 Å². The van der Waals surface area contributed by atoms with E-state index in [2.05, 4.69) is 15.3 Å². The fourth-order valence-electron chi connectivity index (χ4n) is 2.81. The second-order valence-electron chi connectivity index (χ2n) is 7.32. The fourth-order valence-corrected chi connectivity index (χ4v) is 2.81. The van der Waals surface area contributed by atoms with Crippen LogP contribution in [-0.4, -0.2) is 38.9 Å². The zero-order chi connectivity index (χ0) is 21.8. The van der Waals surface area contributed by atoms with Crippen LogP contribution >= 0.6 is 0 Å². The zero-order valence-corrected chi connectivity index (χ0v) is 17.5. The molecule has 0 unspecified atom stereocenters. The summed E-state index contributed by atoms with van der Waals surface area (Å²) in [5.41, 5.74) is 0.607. The summed E-state index contributed by atoms with van der Waals surface area (Å²) in [6, 6.07) is 5.11. The number of hydrogen-bond acceptors (Lipinski definition) is 6. The number of rotatable bonds is 9. The molecule has 2 aromatic rings. The Morgan fingerprint density at radius 1 is 1.34 bits per heavy atom. The Labute approximate surface area is 169 Å². The first-order valence-corrected chi connectivity index (χ1v) is 9.58. The van der Waals surface area contributed by atoms with E-state index < -0.39 is 11.5 Å². The number of H-pyrrole nitrogens is 1. The van der Waals surface area contributed by atoms with Crippen molar-refractivity contribution in [1.29, 1.82) is 5.41 Å². The molecule has 156 valence electrons. The third-order valence-corrected chi connectivity index (χ3v) is 4.46. The first-order valence-electron chi connectivity index (χ1n) is 9.58. The lowest BCUT2D eigenvalue weighted by Crippen LogP contribution is -2.39. The van der Waals surface area contributed by atoms with Crippen LogP contribution in [0.4, 0.5) is 5.69 Å². The van der Waals surface area contributed by atoms with Crippen LogP contribution in [-0.2, 0) is 4.79 Å². The second-order valence-corrected chi connectivity index (χ2v) is 7.32. The van der Waals surface area contributed by atoms with Crippen molar-refractivity contribution in [1.82, 2.24) is 9.97 Å². The first-order chi connectivity index (χ1) is 13.6. The van der Waals surface area contributed by atoms with Crippen LogP contribution in [0.3, 0.4) is 0 Å². The van der Waals surface area contributed by atoms with E-state index >= 15 is 0 Å². The lowest BCUT2D eigenvalue weighted by atomic mass is 10.0. The van der Waals surface area contributed by atoms with Gasteiger partial charge in [-0.05, 0) is 52.3 Å². The second kappa shape index (κ2) is 8.89. The van der Waals surface area contributed by atoms with Gasteiger partial charge >= 0.3 is 5.97 Å². The lowest BCUT2D eigenvalue weighted by molar-refractivity contribution is -0.141. The molecular weight excluding hydrogens is 372 g/mol. The maximum absolute atomic E-state index is 12.5. The minimum absolute atomic E-state index is 0.275. The predicted octanol–water partition coefficient (Wildman–Crippen LogP) is 3.59. The summed E-state index contributed by atoms with van der Waals surface area (Å²) >= 11 is 0. The fraction of sp³-hybridized carbons (Fsp3) is 0.429. The molecule has 0 atom stereocenters. The van der Waals surface area contributed by atoms with Crippen LogP contribution in [0, 0.1) is 12.3 Å². The molecule has 0 spiro atoms. The van der Waals surface area contributed by atoms with Crippen molar-refractivity contribution in [3.63, 3.8) is 0 Å². The molecule has 29 heavy (non-hydrogen) atoms. The molecule has 0 fully saturated rings. The van der Waals surface area contributed by atoms with Gasteiger partial charge in [0.2, 0.25) is 0 Å². The number of anilines is 1. The highest BCUT2D eigenvalue weighted by Crippen LogP contribution is 2.32. The van der Waals surface area contributed by atoms with Crippen molar-refractivity contribution in [2.24, 2.45) is 0 Å². The van der Waals surface area contributed by atoms with Gasteiger partial charge in [0, 0.05) is 11.3 Å². The Bertz CT molecular complexity index is 979. The van der Waals surface area contributed by atoms with Gasteiger partial charge in [-0.3, -0.25) is 4.79 Å². The summed E-state index contributed by atoms with van der Waals surface area (Å²) in [6.07, 6.45) is 1.29. The highest BCUT2D eigenvalue weighted by molar-refractivity contribution is 5.98. The Hall–Kier alpha value is -3.16. The number of carbonyl (C=O) groups is 1. The third-order valence-electron chi connectivity index (χ3n) is 4.46. The summed E-state index contributed by atoms with van der Waals surface area (Å²) in [5, 5.41) is 20.6. The highest BCUT2D eigenvalue weighted by atomic mass is 16.5. The average Bonchev–Trinajstić information content (AvgIpc) is 2.65. The molecule has 0 radical (unpaired) electrons. The topological polar surface area (TPSA) is 128 Å². The standard InChI is InChI=1S/C21H28N4O4/c1-6-8-15(22)17-12(3)19(26)24-18(23-17)14-11-13(9-10-16(14)29-7-2)25-21(4,5)20(27)28/h9-11,22,25H,6-8H2,1-5H3,(H,27,28)(H,23,24,26). The summed E-state index contributed by atoms with van der Waals surface area (Å²) < 4.78 is 5.68. The van der Waals surface area contributed by atoms with E-state index in [1.165, 1.54) is 0 Å². The van der Waals surface area contributed by atoms with Gasteiger partial charge in [-0.25, -0.2) is 9.78 Å². The molecule has 1 heterocycles. The Kier molecular flexibility index (Phi) is 6.79. The van der Waals surface area contributed by atoms with E-state index in [1.54, 1.807) is 39.0 Å². The van der Waals surface area contributed by atoms with Crippen molar-refractivity contribution in [3.8, 4) is 17.1 Å². The number of aromatic nitrogens is 2. The normalized spacial score (nSPS) is 11.2. The quantitative estimate of drug-likeness (QED) is 0.476. The Morgan fingerprint density at radius 2 is 2.03 bits per heavy atom. The number of carboxylic acid groups (broad SMARTS) is 1. The molecule has 0 saturated carbocycles. The van der Waals surface area contributed by atoms with Crippen LogP contribution in [0.25, 0.3) is 11.4 Å². The maximum Gasteiger partial charge on any atom is 0.328 e. The number of aliphatic carboxylic acids is 1. The monoisotopic (exact) mass is 400 g/mol. The Balaban J connectivity index is 2.62. The van der Waals surface area contributed by atoms with Crippen LogP contribution in [0.2, 0.25) is 0 Å². The van der Waals surface area contributed by atoms with E-state index in [9.17, 15) is 14.7 Å². The van der Waals surface area contributed by atoms with Crippen molar-refractivity contribution in [3.05, 3.63) is 39.8 Å². The molecule has 0 bridgehead atoms. The average molecular weight is 400 g/mol. The van der Waals surface area contributed by atoms with Gasteiger partial charge in [0.05, 0.1) is 23.6 Å². The third kappa shape index (κ3) is 5.01. The number of aromatic amines is 1. The van der Waals surface area contributed by atoms with Gasteiger partial charge in [0.15, 0.2) is 0 Å². The molecule has 0 saturated heterocycles. The van der Waals surface area contributed by atoms with Gasteiger partial charge in [-0.15, -0.1) is 0 Å². The van der Waals surface area contributed by atoms with Gasteiger partial charge < -0.3 is 25.6 Å². The van der Waals surface area contributed by atoms with Crippen LogP contribution in [0.15, 0.2) is 23.0 Å². The minimum atomic E-state index is -1.19. The summed E-state index contributed by atoms with van der Waals surface area (Å²) in [5.74, 6) is -0.215. The summed E-state index contributed by atoms with van der Waals surface area (Å²) in [7, 11) is 0. The molecule has 0 amide bonds. The van der Waals surface area contributed by atoms with Crippen molar-refractivity contribution in [2.45, 2.75) is 53.0 Å². The molecular formula is C21H28N4O4. The molecule has 1 aromatic heterocycles. The summed E-state index contributed by atoms with van der Waals surface area (Å²) in [4.78, 5) is 31.2. The predicted molar refractivity (Wildman–Crippen MR) is 113 cm³/mol. The SMILES string of the molecule is CCCC(=N)c1nc(-c2cc(NC(C)(C)C(=O)O)ccc2OCC)[nH]c(=O)c1C. The molecule has 1 aromatic carbocycles. The van der Waals surface area contributed by atoms with Crippen LogP contribution < -0.4 is 15.6 Å². The van der Waals surface area contributed by atoms with Crippen molar-refractivity contribution < 1.29 is 14.6 Å². The number of hydrogen-bond donors (Lipinski definition) is 4. The highest BCUT2D eigenvalue weighted by Gasteiger charge is 2.27. The van der Waals surface area contributed by atoms with Crippen molar-refractivity contribution in [2.75, 3.05) is 11.9 Å². The Morgan fingerprint density at radius 3 is 2.62 bits per heavy atom. The zero-order valence-electron chi connectivity index (χ0n) is 17.5. The van der Waals surface area contributed by atoms with Gasteiger partial charge in [-0.2, -0.15) is 0 Å². The number of benzene rings is 1. The molecule has 4 N–H and O–H groups in total.